The maximum absolute atomic E-state index is 12.0. The molecule has 6 heteroatoms. The predicted molar refractivity (Wildman–Crippen MR) is 91.9 cm³/mol. The maximum Gasteiger partial charge on any atom is 0.346 e. The minimum absolute atomic E-state index is 0.352. The van der Waals surface area contributed by atoms with Gasteiger partial charge in [-0.3, -0.25) is 4.79 Å². The van der Waals surface area contributed by atoms with Crippen molar-refractivity contribution in [2.45, 2.75) is 6.61 Å². The highest BCUT2D eigenvalue weighted by Gasteiger charge is 2.20. The Balaban J connectivity index is 1.97. The zero-order valence-corrected chi connectivity index (χ0v) is 13.6. The average Bonchev–Trinajstić information content (AvgIpc) is 2.61. The van der Waals surface area contributed by atoms with Crippen molar-refractivity contribution in [2.75, 3.05) is 7.11 Å². The van der Waals surface area contributed by atoms with Gasteiger partial charge in [-0.2, -0.15) is 0 Å². The number of hydrogen-bond acceptors (Lipinski definition) is 6. The molecule has 0 aliphatic carbocycles. The fourth-order valence-electron chi connectivity index (χ4n) is 2.28. The highest BCUT2D eigenvalue weighted by atomic mass is 32.1. The predicted octanol–water partition coefficient (Wildman–Crippen LogP) is 3.33. The van der Waals surface area contributed by atoms with Crippen LogP contribution in [0, 0.1) is 0 Å². The summed E-state index contributed by atoms with van der Waals surface area (Å²) in [6, 6.07) is 14.7. The van der Waals surface area contributed by atoms with Crippen LogP contribution >= 0.6 is 11.3 Å². The van der Waals surface area contributed by atoms with Crippen molar-refractivity contribution in [1.29, 1.82) is 0 Å². The van der Waals surface area contributed by atoms with Crippen molar-refractivity contribution < 1.29 is 19.4 Å². The van der Waals surface area contributed by atoms with Gasteiger partial charge < -0.3 is 14.6 Å². The van der Waals surface area contributed by atoms with Gasteiger partial charge in [-0.1, -0.05) is 41.7 Å². The van der Waals surface area contributed by atoms with Crippen LogP contribution in [0.3, 0.4) is 0 Å². The van der Waals surface area contributed by atoms with Crippen molar-refractivity contribution in [1.82, 2.24) is 0 Å². The van der Waals surface area contributed by atoms with Gasteiger partial charge in [-0.15, -0.1) is 0 Å². The van der Waals surface area contributed by atoms with Crippen molar-refractivity contribution in [3.05, 3.63) is 69.2 Å². The number of fused-ring (bicyclic) bond motifs is 1. The van der Waals surface area contributed by atoms with Crippen LogP contribution in [0.1, 0.15) is 15.9 Å². The third kappa shape index (κ3) is 3.09. The highest BCUT2D eigenvalue weighted by Crippen LogP contribution is 2.32. The Morgan fingerprint density at radius 3 is 2.62 bits per heavy atom. The molecule has 0 atom stereocenters. The third-order valence-electron chi connectivity index (χ3n) is 3.49. The summed E-state index contributed by atoms with van der Waals surface area (Å²) < 4.78 is 10.3. The molecular weight excluding hydrogens is 328 g/mol. The first-order valence-electron chi connectivity index (χ1n) is 7.15. The molecule has 2 aromatic carbocycles. The first-order valence-corrected chi connectivity index (χ1v) is 7.96. The molecule has 0 fully saturated rings. The molecule has 3 aromatic rings. The summed E-state index contributed by atoms with van der Waals surface area (Å²) in [4.78, 5) is 23.7. The van der Waals surface area contributed by atoms with Crippen molar-refractivity contribution in [2.24, 2.45) is 0 Å². The van der Waals surface area contributed by atoms with Gasteiger partial charge in [0.15, 0.2) is 5.56 Å². The van der Waals surface area contributed by atoms with E-state index >= 15 is 0 Å². The smallest absolute Gasteiger partial charge is 0.346 e. The molecule has 0 saturated carbocycles. The molecule has 1 aromatic heterocycles. The Bertz CT molecular complexity index is 947. The molecule has 0 spiro atoms. The minimum Gasteiger partial charge on any atom is -0.506 e. The van der Waals surface area contributed by atoms with Gasteiger partial charge in [0, 0.05) is 10.1 Å². The third-order valence-corrected chi connectivity index (χ3v) is 4.45. The van der Waals surface area contributed by atoms with Crippen LogP contribution < -0.4 is 9.48 Å². The Kier molecular flexibility index (Phi) is 4.48. The van der Waals surface area contributed by atoms with Gasteiger partial charge in [-0.25, -0.2) is 4.79 Å². The second-order valence-corrected chi connectivity index (χ2v) is 6.05. The summed E-state index contributed by atoms with van der Waals surface area (Å²) in [5.41, 5.74) is 0.657. The zero-order chi connectivity index (χ0) is 17.1. The average molecular weight is 342 g/mol. The standard InChI is InChI=1S/C18H14O5S/c1-22-17(20)15-16(19)13-9-12(7-8-14(13)24-18(15)21)23-10-11-5-3-2-4-6-11/h2-9,19H,10H2,1H3. The molecule has 1 N–H and O–H groups in total. The summed E-state index contributed by atoms with van der Waals surface area (Å²) >= 11 is 0.877. The highest BCUT2D eigenvalue weighted by molar-refractivity contribution is 7.16. The summed E-state index contributed by atoms with van der Waals surface area (Å²) in [6.45, 7) is 0.375. The lowest BCUT2D eigenvalue weighted by Crippen LogP contribution is -2.13. The monoisotopic (exact) mass is 342 g/mol. The van der Waals surface area contributed by atoms with Crippen LogP contribution in [0.4, 0.5) is 0 Å². The lowest BCUT2D eigenvalue weighted by molar-refractivity contribution is 0.0597. The number of carbonyl (C=O) groups excluding carboxylic acids is 1. The van der Waals surface area contributed by atoms with E-state index in [9.17, 15) is 14.7 Å². The Morgan fingerprint density at radius 2 is 1.92 bits per heavy atom. The van der Waals surface area contributed by atoms with Crippen LogP contribution in [-0.4, -0.2) is 18.2 Å². The SMILES string of the molecule is COC(=O)c1c(O)c2cc(OCc3ccccc3)ccc2sc1=O. The first-order chi connectivity index (χ1) is 11.6. The number of rotatable bonds is 4. The van der Waals surface area contributed by atoms with Crippen molar-refractivity contribution in [3.63, 3.8) is 0 Å². The van der Waals surface area contributed by atoms with E-state index in [4.69, 9.17) is 4.74 Å². The normalized spacial score (nSPS) is 10.5. The number of benzene rings is 2. The lowest BCUT2D eigenvalue weighted by Gasteiger charge is -2.09. The molecular formula is C18H14O5S. The molecule has 0 aliphatic heterocycles. The molecule has 24 heavy (non-hydrogen) atoms. The number of carbonyl (C=O) groups is 1. The Hall–Kier alpha value is -2.86. The minimum atomic E-state index is -0.855. The Morgan fingerprint density at radius 1 is 1.17 bits per heavy atom. The molecule has 0 radical (unpaired) electrons. The molecule has 0 bridgehead atoms. The molecule has 1 heterocycles. The second-order valence-electron chi connectivity index (χ2n) is 5.04. The zero-order valence-electron chi connectivity index (χ0n) is 12.8. The molecule has 0 aliphatic rings. The van der Waals surface area contributed by atoms with E-state index in [2.05, 4.69) is 4.74 Å². The van der Waals surface area contributed by atoms with Crippen LogP contribution in [-0.2, 0) is 11.3 Å². The van der Waals surface area contributed by atoms with Crippen LogP contribution in [0.2, 0.25) is 0 Å². The van der Waals surface area contributed by atoms with Crippen LogP contribution in [0.15, 0.2) is 53.3 Å². The molecule has 122 valence electrons. The first kappa shape index (κ1) is 16.0. The molecule has 0 unspecified atom stereocenters. The van der Waals surface area contributed by atoms with E-state index in [0.717, 1.165) is 24.0 Å². The molecule has 0 saturated heterocycles. The van der Waals surface area contributed by atoms with Crippen molar-refractivity contribution in [3.8, 4) is 11.5 Å². The second kappa shape index (κ2) is 6.72. The van der Waals surface area contributed by atoms with E-state index < -0.39 is 10.7 Å². The van der Waals surface area contributed by atoms with E-state index in [1.54, 1.807) is 18.2 Å². The van der Waals surface area contributed by atoms with Gasteiger partial charge in [0.25, 0.3) is 4.74 Å². The van der Waals surface area contributed by atoms with Gasteiger partial charge in [0.2, 0.25) is 0 Å². The number of hydrogen-bond donors (Lipinski definition) is 1. The van der Waals surface area contributed by atoms with Crippen molar-refractivity contribution >= 4 is 27.4 Å². The van der Waals surface area contributed by atoms with E-state index in [-0.39, 0.29) is 11.3 Å². The number of esters is 1. The van der Waals surface area contributed by atoms with Crippen LogP contribution in [0.5, 0.6) is 11.5 Å². The number of methoxy groups -OCH3 is 1. The molecule has 5 nitrogen and oxygen atoms in total. The summed E-state index contributed by atoms with van der Waals surface area (Å²) in [7, 11) is 1.16. The summed E-state index contributed by atoms with van der Waals surface area (Å²) in [5, 5.41) is 10.7. The molecule has 3 rings (SSSR count). The number of aromatic hydroxyl groups is 1. The fraction of sp³-hybridized carbons (Fsp3) is 0.111. The van der Waals surface area contributed by atoms with Gasteiger partial charge in [-0.05, 0) is 23.8 Å². The van der Waals surface area contributed by atoms with E-state index in [0.29, 0.717) is 22.4 Å². The lowest BCUT2D eigenvalue weighted by atomic mass is 10.1. The van der Waals surface area contributed by atoms with E-state index in [1.165, 1.54) is 0 Å². The Labute approximate surface area is 141 Å². The number of ether oxygens (including phenoxy) is 2. The fourth-order valence-corrected chi connectivity index (χ4v) is 3.16. The largest absolute Gasteiger partial charge is 0.506 e. The van der Waals surface area contributed by atoms with Gasteiger partial charge in [0.05, 0.1) is 7.11 Å². The van der Waals surface area contributed by atoms with Gasteiger partial charge >= 0.3 is 5.97 Å². The van der Waals surface area contributed by atoms with E-state index in [1.807, 2.05) is 30.3 Å². The van der Waals surface area contributed by atoms with Crippen LogP contribution in [0.25, 0.3) is 10.1 Å². The quantitative estimate of drug-likeness (QED) is 0.736. The topological polar surface area (TPSA) is 72.8 Å². The van der Waals surface area contributed by atoms with Gasteiger partial charge in [0.1, 0.15) is 18.1 Å². The summed E-state index contributed by atoms with van der Waals surface area (Å²) in [6.07, 6.45) is 0. The maximum atomic E-state index is 12.0. The summed E-state index contributed by atoms with van der Waals surface area (Å²) in [5.74, 6) is -0.708. The molecule has 0 amide bonds.